The third kappa shape index (κ3) is 7.13. The van der Waals surface area contributed by atoms with Crippen molar-refractivity contribution in [2.24, 2.45) is 17.8 Å². The first kappa shape index (κ1) is 32.8. The molecule has 5 rings (SSSR count). The van der Waals surface area contributed by atoms with E-state index < -0.39 is 5.60 Å². The Labute approximate surface area is 268 Å². The molecule has 0 bridgehead atoms. The van der Waals surface area contributed by atoms with Crippen LogP contribution in [0.25, 0.3) is 0 Å². The van der Waals surface area contributed by atoms with Crippen molar-refractivity contribution < 1.29 is 24.1 Å². The molecule has 6 nitrogen and oxygen atoms in total. The van der Waals surface area contributed by atoms with Gasteiger partial charge in [0.15, 0.2) is 0 Å². The fourth-order valence-electron chi connectivity index (χ4n) is 7.61. The number of ether oxygens (including phenoxy) is 3. The highest BCUT2D eigenvalue weighted by Gasteiger charge is 2.45. The van der Waals surface area contributed by atoms with Crippen molar-refractivity contribution in [3.63, 3.8) is 0 Å². The van der Waals surface area contributed by atoms with Crippen LogP contribution >= 0.6 is 11.6 Å². The largest absolute Gasteiger partial charge is 0.490 e. The Morgan fingerprint density at radius 3 is 2.70 bits per heavy atom. The molecule has 1 unspecified atom stereocenters. The molecule has 2 aromatic rings. The van der Waals surface area contributed by atoms with Gasteiger partial charge < -0.3 is 24.2 Å². The Morgan fingerprint density at radius 2 is 2.02 bits per heavy atom. The molecule has 1 fully saturated rings. The van der Waals surface area contributed by atoms with Crippen molar-refractivity contribution >= 4 is 23.3 Å². The Bertz CT molecular complexity index is 1370. The molecule has 5 atom stereocenters. The first-order valence-electron chi connectivity index (χ1n) is 16.3. The van der Waals surface area contributed by atoms with Crippen LogP contribution in [-0.4, -0.2) is 56.2 Å². The van der Waals surface area contributed by atoms with Gasteiger partial charge in [0.2, 0.25) is 0 Å². The van der Waals surface area contributed by atoms with Crippen LogP contribution in [0.3, 0.4) is 0 Å². The number of anilines is 1. The zero-order valence-corrected chi connectivity index (χ0v) is 28.1. The molecular weight excluding hydrogens is 574 g/mol. The van der Waals surface area contributed by atoms with Crippen molar-refractivity contribution in [3.05, 3.63) is 69.8 Å². The number of hydrogen-bond donors (Lipinski definition) is 1. The van der Waals surface area contributed by atoms with E-state index in [0.717, 1.165) is 68.1 Å². The summed E-state index contributed by atoms with van der Waals surface area (Å²) in [6.07, 6.45) is 8.43. The number of rotatable bonds is 9. The summed E-state index contributed by atoms with van der Waals surface area (Å²) in [7, 11) is 1.81. The molecule has 0 aromatic heterocycles. The van der Waals surface area contributed by atoms with Crippen LogP contribution in [-0.2, 0) is 21.3 Å². The monoisotopic (exact) mass is 623 g/mol. The van der Waals surface area contributed by atoms with Crippen LogP contribution in [0.4, 0.5) is 5.69 Å². The topological polar surface area (TPSA) is 68.2 Å². The molecule has 1 N–H and O–H groups in total. The van der Waals surface area contributed by atoms with E-state index in [-0.39, 0.29) is 24.1 Å². The number of carbonyl (C=O) groups is 1. The van der Waals surface area contributed by atoms with Gasteiger partial charge in [-0.3, -0.25) is 0 Å². The molecule has 240 valence electrons. The van der Waals surface area contributed by atoms with Crippen molar-refractivity contribution in [1.29, 1.82) is 0 Å². The predicted molar refractivity (Wildman–Crippen MR) is 177 cm³/mol. The fourth-order valence-corrected chi connectivity index (χ4v) is 7.80. The Morgan fingerprint density at radius 1 is 1.23 bits per heavy atom. The lowest BCUT2D eigenvalue weighted by atomic mass is 9.67. The zero-order chi connectivity index (χ0) is 31.6. The SMILES string of the molecule is CO[C@H](/C(C)=C/C(C)CCO)[C@@H]1CC[C@H]1CN1C[C@@]2(CCCc3cc(Cl)ccc32)COc2ccc(C(=O)OC(C)(C)C)cc21. The van der Waals surface area contributed by atoms with Crippen molar-refractivity contribution in [2.45, 2.75) is 90.3 Å². The second kappa shape index (κ2) is 13.4. The van der Waals surface area contributed by atoms with E-state index in [1.54, 1.807) is 0 Å². The molecule has 1 spiro atoms. The number of aliphatic hydroxyl groups is 1. The summed E-state index contributed by atoms with van der Waals surface area (Å²) >= 11 is 6.45. The molecule has 0 radical (unpaired) electrons. The molecule has 44 heavy (non-hydrogen) atoms. The van der Waals surface area contributed by atoms with Gasteiger partial charge in [-0.05, 0) is 131 Å². The van der Waals surface area contributed by atoms with Gasteiger partial charge in [0, 0.05) is 37.2 Å². The number of allylic oxidation sites excluding steroid dienone is 1. The average Bonchev–Trinajstić information content (AvgIpc) is 3.09. The number of methoxy groups -OCH3 is 1. The second-order valence-corrected chi connectivity index (χ2v) is 14.8. The minimum absolute atomic E-state index is 0.0391. The second-order valence-electron chi connectivity index (χ2n) is 14.3. The summed E-state index contributed by atoms with van der Waals surface area (Å²) in [5.74, 6) is 1.61. The minimum Gasteiger partial charge on any atom is -0.490 e. The normalized spacial score (nSPS) is 24.8. The van der Waals surface area contributed by atoms with E-state index in [0.29, 0.717) is 29.9 Å². The van der Waals surface area contributed by atoms with E-state index in [2.05, 4.69) is 37.0 Å². The maximum absolute atomic E-state index is 13.2. The summed E-state index contributed by atoms with van der Waals surface area (Å²) in [4.78, 5) is 15.7. The fraction of sp³-hybridized carbons (Fsp3) is 0.595. The number of halogens is 1. The number of nitrogens with zero attached hydrogens (tertiary/aromatic N) is 1. The van der Waals surface area contributed by atoms with E-state index in [9.17, 15) is 9.90 Å². The number of aliphatic hydroxyl groups excluding tert-OH is 1. The van der Waals surface area contributed by atoms with Crippen LogP contribution < -0.4 is 9.64 Å². The Balaban J connectivity index is 1.49. The van der Waals surface area contributed by atoms with Gasteiger partial charge in [-0.25, -0.2) is 4.79 Å². The summed E-state index contributed by atoms with van der Waals surface area (Å²) in [6.45, 7) is 12.4. The molecule has 1 saturated carbocycles. The van der Waals surface area contributed by atoms with Crippen molar-refractivity contribution in [2.75, 3.05) is 38.3 Å². The summed E-state index contributed by atoms with van der Waals surface area (Å²) in [5, 5.41) is 10.2. The Kier molecular flexibility index (Phi) is 10.0. The molecule has 2 aliphatic carbocycles. The minimum atomic E-state index is -0.578. The molecular formula is C37H50ClNO5. The molecule has 0 saturated heterocycles. The molecule has 0 amide bonds. The molecule has 7 heteroatoms. The maximum atomic E-state index is 13.2. The van der Waals surface area contributed by atoms with Crippen LogP contribution in [0.1, 0.15) is 88.2 Å². The van der Waals surface area contributed by atoms with Crippen molar-refractivity contribution in [1.82, 2.24) is 0 Å². The smallest absolute Gasteiger partial charge is 0.338 e. The summed E-state index contributed by atoms with van der Waals surface area (Å²) in [6, 6.07) is 12.1. The van der Waals surface area contributed by atoms with Gasteiger partial charge in [0.25, 0.3) is 0 Å². The van der Waals surface area contributed by atoms with Gasteiger partial charge in [-0.2, -0.15) is 0 Å². The predicted octanol–water partition coefficient (Wildman–Crippen LogP) is 7.77. The first-order valence-corrected chi connectivity index (χ1v) is 16.7. The van der Waals surface area contributed by atoms with Gasteiger partial charge in [-0.15, -0.1) is 0 Å². The number of fused-ring (bicyclic) bond motifs is 3. The summed E-state index contributed by atoms with van der Waals surface area (Å²) in [5.41, 5.74) is 4.61. The van der Waals surface area contributed by atoms with Gasteiger partial charge in [-0.1, -0.05) is 30.7 Å². The highest BCUT2D eigenvalue weighted by Crippen LogP contribution is 2.47. The number of esters is 1. The maximum Gasteiger partial charge on any atom is 0.338 e. The van der Waals surface area contributed by atoms with Crippen LogP contribution in [0.5, 0.6) is 5.75 Å². The highest BCUT2D eigenvalue weighted by atomic mass is 35.5. The molecule has 1 aliphatic heterocycles. The molecule has 3 aliphatic rings. The number of benzene rings is 2. The van der Waals surface area contributed by atoms with E-state index in [1.807, 2.05) is 52.1 Å². The summed E-state index contributed by atoms with van der Waals surface area (Å²) < 4.78 is 18.5. The van der Waals surface area contributed by atoms with Gasteiger partial charge >= 0.3 is 5.97 Å². The number of aryl methyl sites for hydroxylation is 1. The van der Waals surface area contributed by atoms with E-state index in [1.165, 1.54) is 16.7 Å². The van der Waals surface area contributed by atoms with Crippen LogP contribution in [0.15, 0.2) is 48.0 Å². The molecule has 1 heterocycles. The first-order chi connectivity index (χ1) is 20.9. The van der Waals surface area contributed by atoms with Crippen LogP contribution in [0.2, 0.25) is 5.02 Å². The average molecular weight is 624 g/mol. The van der Waals surface area contributed by atoms with Gasteiger partial charge in [0.1, 0.15) is 11.4 Å². The van der Waals surface area contributed by atoms with Crippen molar-refractivity contribution in [3.8, 4) is 5.75 Å². The van der Waals surface area contributed by atoms with E-state index >= 15 is 0 Å². The molecule has 2 aromatic carbocycles. The lowest BCUT2D eigenvalue weighted by molar-refractivity contribution is 0.00597. The quantitative estimate of drug-likeness (QED) is 0.227. The third-order valence-corrected chi connectivity index (χ3v) is 10.1. The standard InChI is InChI=1S/C37H50ClNO5/c1-24(15-17-40)18-25(2)34(42-6)30-12-9-28(30)21-39-22-37(16-7-8-26-19-29(38)11-13-31(26)37)23-43-33-14-10-27(20-32(33)39)35(41)44-36(3,4)5/h10-11,13-14,18-20,24,28,30,34,40H,7-9,12,15-17,21-23H2,1-6H3/b25-18+/t24?,28-,30+,34+,37-/m0/s1. The van der Waals surface area contributed by atoms with E-state index in [4.69, 9.17) is 25.8 Å². The zero-order valence-electron chi connectivity index (χ0n) is 27.3. The lowest BCUT2D eigenvalue weighted by Crippen LogP contribution is -2.50. The lowest BCUT2D eigenvalue weighted by Gasteiger charge is -2.46. The van der Waals surface area contributed by atoms with Crippen LogP contribution in [0, 0.1) is 17.8 Å². The third-order valence-electron chi connectivity index (χ3n) is 9.83. The number of hydrogen-bond acceptors (Lipinski definition) is 6. The highest BCUT2D eigenvalue weighted by molar-refractivity contribution is 6.30. The Hall–Kier alpha value is -2.54. The van der Waals surface area contributed by atoms with Gasteiger partial charge in [0.05, 0.1) is 24.0 Å². The number of carbonyl (C=O) groups excluding carboxylic acids is 1.